The van der Waals surface area contributed by atoms with Gasteiger partial charge in [0.25, 0.3) is 5.91 Å². The van der Waals surface area contributed by atoms with Gasteiger partial charge in [-0.25, -0.2) is 0 Å². The van der Waals surface area contributed by atoms with E-state index in [4.69, 9.17) is 9.47 Å². The molecule has 0 radical (unpaired) electrons. The maximum absolute atomic E-state index is 11.9. The zero-order valence-corrected chi connectivity index (χ0v) is 14.0. The fourth-order valence-corrected chi connectivity index (χ4v) is 2.05. The third-order valence-corrected chi connectivity index (χ3v) is 3.34. The van der Waals surface area contributed by atoms with Gasteiger partial charge in [-0.3, -0.25) is 9.59 Å². The molecular weight excluding hydrogens is 324 g/mol. The fourth-order valence-electron chi connectivity index (χ4n) is 2.05. The minimum Gasteiger partial charge on any atom is -0.508 e. The van der Waals surface area contributed by atoms with Gasteiger partial charge in [-0.05, 0) is 42.8 Å². The van der Waals surface area contributed by atoms with E-state index < -0.39 is 5.91 Å². The van der Waals surface area contributed by atoms with Crippen molar-refractivity contribution in [2.75, 3.05) is 25.6 Å². The van der Waals surface area contributed by atoms with Crippen molar-refractivity contribution in [2.24, 2.45) is 0 Å². The van der Waals surface area contributed by atoms with Crippen molar-refractivity contribution in [3.8, 4) is 17.2 Å². The molecule has 0 saturated heterocycles. The average molecular weight is 344 g/mol. The number of hydrogen-bond acceptors (Lipinski definition) is 5. The van der Waals surface area contributed by atoms with Gasteiger partial charge in [-0.15, -0.1) is 0 Å². The summed E-state index contributed by atoms with van der Waals surface area (Å²) in [5, 5.41) is 14.5. The van der Waals surface area contributed by atoms with Crippen LogP contribution in [0.2, 0.25) is 0 Å². The molecular formula is C18H20N2O5. The van der Waals surface area contributed by atoms with Gasteiger partial charge < -0.3 is 25.2 Å². The van der Waals surface area contributed by atoms with E-state index in [1.165, 1.54) is 12.1 Å². The first-order valence-electron chi connectivity index (χ1n) is 7.61. The molecule has 3 N–H and O–H groups in total. The molecule has 2 amide bonds. The Morgan fingerprint density at radius 2 is 1.84 bits per heavy atom. The molecule has 0 saturated carbocycles. The minimum absolute atomic E-state index is 0.124. The van der Waals surface area contributed by atoms with E-state index in [1.54, 1.807) is 44.4 Å². The Bertz CT molecular complexity index is 761. The zero-order chi connectivity index (χ0) is 18.2. The number of methoxy groups -OCH3 is 1. The summed E-state index contributed by atoms with van der Waals surface area (Å²) in [4.78, 5) is 23.6. The average Bonchev–Trinajstić information content (AvgIpc) is 2.60. The molecule has 0 bridgehead atoms. The highest BCUT2D eigenvalue weighted by atomic mass is 16.5. The van der Waals surface area contributed by atoms with Gasteiger partial charge in [0.05, 0.1) is 13.7 Å². The van der Waals surface area contributed by atoms with Crippen LogP contribution in [0.25, 0.3) is 0 Å². The van der Waals surface area contributed by atoms with Crippen LogP contribution in [0.3, 0.4) is 0 Å². The molecule has 0 spiro atoms. The lowest BCUT2D eigenvalue weighted by Crippen LogP contribution is -2.35. The number of hydrogen-bond donors (Lipinski definition) is 3. The van der Waals surface area contributed by atoms with Crippen LogP contribution >= 0.6 is 0 Å². The first-order valence-corrected chi connectivity index (χ1v) is 7.61. The van der Waals surface area contributed by atoms with Crippen LogP contribution in [0.5, 0.6) is 17.2 Å². The highest BCUT2D eigenvalue weighted by Crippen LogP contribution is 2.20. The van der Waals surface area contributed by atoms with Crippen molar-refractivity contribution in [3.63, 3.8) is 0 Å². The molecule has 0 atom stereocenters. The van der Waals surface area contributed by atoms with E-state index in [9.17, 15) is 14.7 Å². The monoisotopic (exact) mass is 344 g/mol. The van der Waals surface area contributed by atoms with E-state index in [0.29, 0.717) is 17.2 Å². The molecule has 7 nitrogen and oxygen atoms in total. The lowest BCUT2D eigenvalue weighted by atomic mass is 10.2. The van der Waals surface area contributed by atoms with E-state index in [2.05, 4.69) is 10.6 Å². The number of phenolic OH excluding ortho intramolecular Hbond substituents is 1. The van der Waals surface area contributed by atoms with Gasteiger partial charge >= 0.3 is 0 Å². The van der Waals surface area contributed by atoms with Crippen molar-refractivity contribution in [1.29, 1.82) is 0 Å². The second-order valence-corrected chi connectivity index (χ2v) is 5.29. The summed E-state index contributed by atoms with van der Waals surface area (Å²) in [5.74, 6) is 0.461. The molecule has 0 heterocycles. The molecule has 0 aliphatic carbocycles. The highest BCUT2D eigenvalue weighted by molar-refractivity contribution is 5.95. The molecule has 2 aromatic rings. The standard InChI is InChI=1S/C18H20N2O5/c1-12-8-13(21)6-7-16(12)20-17(22)10-19-18(23)11-25-15-5-3-4-14(9-15)24-2/h3-9,21H,10-11H2,1-2H3,(H,19,23)(H,20,22). The molecule has 7 heteroatoms. The number of phenols is 1. The fraction of sp³-hybridized carbons (Fsp3) is 0.222. The largest absolute Gasteiger partial charge is 0.508 e. The second-order valence-electron chi connectivity index (χ2n) is 5.29. The number of rotatable bonds is 7. The maximum atomic E-state index is 11.9. The van der Waals surface area contributed by atoms with Gasteiger partial charge in [0.15, 0.2) is 6.61 Å². The number of carbonyl (C=O) groups is 2. The predicted octanol–water partition coefficient (Wildman–Crippen LogP) is 1.84. The van der Waals surface area contributed by atoms with Crippen LogP contribution in [0, 0.1) is 6.92 Å². The summed E-state index contributed by atoms with van der Waals surface area (Å²) in [6.45, 7) is 1.37. The van der Waals surface area contributed by atoms with Crippen LogP contribution < -0.4 is 20.1 Å². The number of carbonyl (C=O) groups excluding carboxylic acids is 2. The number of amides is 2. The topological polar surface area (TPSA) is 96.9 Å². The molecule has 132 valence electrons. The number of ether oxygens (including phenoxy) is 2. The van der Waals surface area contributed by atoms with Crippen LogP contribution in [0.15, 0.2) is 42.5 Å². The van der Waals surface area contributed by atoms with E-state index in [-0.39, 0.29) is 24.8 Å². The van der Waals surface area contributed by atoms with Gasteiger partial charge in [0, 0.05) is 11.8 Å². The second kappa shape index (κ2) is 8.58. The zero-order valence-electron chi connectivity index (χ0n) is 14.0. The Morgan fingerprint density at radius 1 is 1.08 bits per heavy atom. The van der Waals surface area contributed by atoms with Gasteiger partial charge in [-0.1, -0.05) is 6.07 Å². The van der Waals surface area contributed by atoms with Crippen LogP contribution in [0.4, 0.5) is 5.69 Å². The van der Waals surface area contributed by atoms with Gasteiger partial charge in [0.2, 0.25) is 5.91 Å². The van der Waals surface area contributed by atoms with Gasteiger partial charge in [-0.2, -0.15) is 0 Å². The van der Waals surface area contributed by atoms with Crippen LogP contribution in [0.1, 0.15) is 5.56 Å². The predicted molar refractivity (Wildman–Crippen MR) is 93.0 cm³/mol. The summed E-state index contributed by atoms with van der Waals surface area (Å²) in [6, 6.07) is 11.5. The van der Waals surface area contributed by atoms with Crippen molar-refractivity contribution in [2.45, 2.75) is 6.92 Å². The summed E-state index contributed by atoms with van der Waals surface area (Å²) in [7, 11) is 1.54. The smallest absolute Gasteiger partial charge is 0.258 e. The van der Waals surface area contributed by atoms with Crippen molar-refractivity contribution in [1.82, 2.24) is 5.32 Å². The SMILES string of the molecule is COc1cccc(OCC(=O)NCC(=O)Nc2ccc(O)cc2C)c1. The Labute approximate surface area is 145 Å². The molecule has 2 rings (SSSR count). The number of anilines is 1. The van der Waals surface area contributed by atoms with E-state index >= 15 is 0 Å². The van der Waals surface area contributed by atoms with E-state index in [1.807, 2.05) is 0 Å². The lowest BCUT2D eigenvalue weighted by molar-refractivity contribution is -0.125. The lowest BCUT2D eigenvalue weighted by Gasteiger charge is -2.10. The summed E-state index contributed by atoms with van der Waals surface area (Å²) in [5.41, 5.74) is 1.30. The summed E-state index contributed by atoms with van der Waals surface area (Å²) < 4.78 is 10.4. The minimum atomic E-state index is -0.416. The molecule has 2 aromatic carbocycles. The number of nitrogens with one attached hydrogen (secondary N) is 2. The van der Waals surface area contributed by atoms with Crippen LogP contribution in [-0.2, 0) is 9.59 Å². The third-order valence-electron chi connectivity index (χ3n) is 3.34. The van der Waals surface area contributed by atoms with Crippen molar-refractivity contribution < 1.29 is 24.2 Å². The first kappa shape index (κ1) is 18.1. The molecule has 0 aliphatic rings. The van der Waals surface area contributed by atoms with Crippen molar-refractivity contribution in [3.05, 3.63) is 48.0 Å². The third kappa shape index (κ3) is 5.72. The van der Waals surface area contributed by atoms with Crippen molar-refractivity contribution >= 4 is 17.5 Å². The molecule has 0 aliphatic heterocycles. The molecule has 0 fully saturated rings. The molecule has 0 aromatic heterocycles. The molecule has 25 heavy (non-hydrogen) atoms. The number of benzene rings is 2. The van der Waals surface area contributed by atoms with Crippen LogP contribution in [-0.4, -0.2) is 37.2 Å². The normalized spacial score (nSPS) is 10.0. The maximum Gasteiger partial charge on any atom is 0.258 e. The first-order chi connectivity index (χ1) is 12.0. The number of aryl methyl sites for hydroxylation is 1. The Morgan fingerprint density at radius 3 is 2.56 bits per heavy atom. The number of aromatic hydroxyl groups is 1. The Balaban J connectivity index is 1.76. The Hall–Kier alpha value is -3.22. The summed E-state index contributed by atoms with van der Waals surface area (Å²) in [6.07, 6.45) is 0. The highest BCUT2D eigenvalue weighted by Gasteiger charge is 2.08. The molecule has 0 unspecified atom stereocenters. The van der Waals surface area contributed by atoms with Gasteiger partial charge in [0.1, 0.15) is 17.2 Å². The quantitative estimate of drug-likeness (QED) is 0.666. The summed E-state index contributed by atoms with van der Waals surface area (Å²) >= 11 is 0. The van der Waals surface area contributed by atoms with E-state index in [0.717, 1.165) is 5.56 Å². The Kier molecular flexibility index (Phi) is 6.22.